The molecular formula is C11H12N4O2S. The summed E-state index contributed by atoms with van der Waals surface area (Å²) >= 11 is 1.66. The number of carboxylic acids is 1. The molecule has 0 atom stereocenters. The lowest BCUT2D eigenvalue weighted by atomic mass is 10.2. The molecule has 0 aliphatic heterocycles. The highest BCUT2D eigenvalue weighted by molar-refractivity contribution is 7.98. The van der Waals surface area contributed by atoms with E-state index >= 15 is 0 Å². The monoisotopic (exact) mass is 264 g/mol. The van der Waals surface area contributed by atoms with Crippen LogP contribution in [0, 0.1) is 0 Å². The van der Waals surface area contributed by atoms with E-state index in [0.717, 1.165) is 5.75 Å². The second-order valence-corrected chi connectivity index (χ2v) is 4.51. The van der Waals surface area contributed by atoms with Gasteiger partial charge < -0.3 is 5.11 Å². The number of carbonyl (C=O) groups is 1. The van der Waals surface area contributed by atoms with E-state index in [-0.39, 0.29) is 5.69 Å². The number of hydrogen-bond acceptors (Lipinski definition) is 5. The summed E-state index contributed by atoms with van der Waals surface area (Å²) in [7, 11) is 0. The molecule has 94 valence electrons. The van der Waals surface area contributed by atoms with Crippen molar-refractivity contribution < 1.29 is 9.90 Å². The van der Waals surface area contributed by atoms with Gasteiger partial charge in [-0.25, -0.2) is 9.48 Å². The smallest absolute Gasteiger partial charge is 0.358 e. The summed E-state index contributed by atoms with van der Waals surface area (Å²) in [6.45, 7) is 0.605. The molecule has 0 bridgehead atoms. The molecule has 0 unspecified atom stereocenters. The average Bonchev–Trinajstić information content (AvgIpc) is 2.81. The van der Waals surface area contributed by atoms with Gasteiger partial charge in [0.25, 0.3) is 0 Å². The zero-order valence-electron chi connectivity index (χ0n) is 9.78. The zero-order chi connectivity index (χ0) is 13.0. The fourth-order valence-corrected chi connectivity index (χ4v) is 1.90. The maximum Gasteiger partial charge on any atom is 0.358 e. The van der Waals surface area contributed by atoms with Gasteiger partial charge in [0.05, 0.1) is 12.2 Å². The van der Waals surface area contributed by atoms with Gasteiger partial charge in [-0.05, 0) is 18.4 Å². The quantitative estimate of drug-likeness (QED) is 0.879. The Morgan fingerprint density at radius 1 is 1.50 bits per heavy atom. The first-order chi connectivity index (χ1) is 8.74. The molecule has 18 heavy (non-hydrogen) atoms. The molecule has 2 rings (SSSR count). The van der Waals surface area contributed by atoms with E-state index in [1.54, 1.807) is 40.8 Å². The Kier molecular flexibility index (Phi) is 3.93. The van der Waals surface area contributed by atoms with Gasteiger partial charge in [-0.2, -0.15) is 11.8 Å². The van der Waals surface area contributed by atoms with Crippen molar-refractivity contribution in [2.24, 2.45) is 0 Å². The van der Waals surface area contributed by atoms with Gasteiger partial charge in [-0.15, -0.1) is 5.10 Å². The number of aromatic carboxylic acids is 1. The molecule has 7 heteroatoms. The Labute approximate surface area is 108 Å². The van der Waals surface area contributed by atoms with Crippen LogP contribution in [0.1, 0.15) is 10.5 Å². The number of aromatic nitrogens is 4. The van der Waals surface area contributed by atoms with Crippen molar-refractivity contribution in [3.8, 4) is 11.4 Å². The fourth-order valence-electron chi connectivity index (χ4n) is 1.55. The van der Waals surface area contributed by atoms with Gasteiger partial charge in [-0.3, -0.25) is 4.98 Å². The summed E-state index contributed by atoms with van der Waals surface area (Å²) in [5.41, 5.74) is 0.966. The lowest BCUT2D eigenvalue weighted by Crippen LogP contribution is -2.07. The molecule has 0 aliphatic carbocycles. The highest BCUT2D eigenvalue weighted by Crippen LogP contribution is 2.20. The molecule has 2 aromatic rings. The van der Waals surface area contributed by atoms with E-state index in [4.69, 9.17) is 5.11 Å². The third kappa shape index (κ3) is 2.51. The maximum atomic E-state index is 11.1. The van der Waals surface area contributed by atoms with Crippen LogP contribution in [-0.2, 0) is 6.54 Å². The number of rotatable bonds is 5. The molecule has 0 spiro atoms. The molecule has 0 aromatic carbocycles. The minimum Gasteiger partial charge on any atom is -0.476 e. The van der Waals surface area contributed by atoms with E-state index < -0.39 is 5.97 Å². The molecule has 0 aliphatic rings. The molecule has 2 heterocycles. The van der Waals surface area contributed by atoms with Gasteiger partial charge in [0, 0.05) is 11.9 Å². The van der Waals surface area contributed by atoms with Crippen molar-refractivity contribution in [2.75, 3.05) is 12.0 Å². The van der Waals surface area contributed by atoms with Gasteiger partial charge in [0.1, 0.15) is 5.69 Å². The largest absolute Gasteiger partial charge is 0.476 e. The minimum absolute atomic E-state index is 0.0604. The van der Waals surface area contributed by atoms with Crippen LogP contribution in [0.25, 0.3) is 11.4 Å². The molecule has 6 nitrogen and oxygen atoms in total. The molecule has 0 amide bonds. The van der Waals surface area contributed by atoms with E-state index in [1.807, 2.05) is 6.26 Å². The molecule has 0 saturated carbocycles. The summed E-state index contributed by atoms with van der Waals surface area (Å²) < 4.78 is 1.59. The Morgan fingerprint density at radius 3 is 2.94 bits per heavy atom. The van der Waals surface area contributed by atoms with E-state index in [2.05, 4.69) is 15.3 Å². The van der Waals surface area contributed by atoms with Crippen molar-refractivity contribution in [1.82, 2.24) is 20.0 Å². The van der Waals surface area contributed by atoms with Crippen molar-refractivity contribution in [3.05, 3.63) is 30.1 Å². The first-order valence-electron chi connectivity index (χ1n) is 5.31. The average molecular weight is 264 g/mol. The summed E-state index contributed by atoms with van der Waals surface area (Å²) in [5.74, 6) is -0.256. The van der Waals surface area contributed by atoms with Crippen LogP contribution in [0.3, 0.4) is 0 Å². The van der Waals surface area contributed by atoms with E-state index in [1.165, 1.54) is 0 Å². The van der Waals surface area contributed by atoms with E-state index in [9.17, 15) is 4.79 Å². The highest BCUT2D eigenvalue weighted by Gasteiger charge is 2.20. The summed E-state index contributed by atoms with van der Waals surface area (Å²) in [6.07, 6.45) is 3.60. The Balaban J connectivity index is 2.47. The Hall–Kier alpha value is -1.89. The number of thioether (sulfide) groups is 1. The van der Waals surface area contributed by atoms with Crippen LogP contribution >= 0.6 is 11.8 Å². The molecule has 2 aromatic heterocycles. The number of carboxylic acid groups (broad SMARTS) is 1. The topological polar surface area (TPSA) is 80.9 Å². The maximum absolute atomic E-state index is 11.1. The van der Waals surface area contributed by atoms with Crippen LogP contribution in [-0.4, -0.2) is 43.1 Å². The van der Waals surface area contributed by atoms with Crippen molar-refractivity contribution in [3.63, 3.8) is 0 Å². The third-order valence-corrected chi connectivity index (χ3v) is 2.94. The van der Waals surface area contributed by atoms with Crippen LogP contribution in [0.5, 0.6) is 0 Å². The SMILES string of the molecule is CSCCn1nnc(C(=O)O)c1-c1ccccn1. The Bertz CT molecular complexity index is 541. The molecular weight excluding hydrogens is 252 g/mol. The Morgan fingerprint density at radius 2 is 2.33 bits per heavy atom. The normalized spacial score (nSPS) is 10.5. The zero-order valence-corrected chi connectivity index (χ0v) is 10.6. The standard InChI is InChI=1S/C11H12N4O2S/c1-18-7-6-15-10(8-4-2-3-5-12-8)9(11(16)17)13-14-15/h2-5H,6-7H2,1H3,(H,16,17). The second-order valence-electron chi connectivity index (χ2n) is 3.52. The van der Waals surface area contributed by atoms with Gasteiger partial charge in [0.2, 0.25) is 0 Å². The number of pyridine rings is 1. The third-order valence-electron chi connectivity index (χ3n) is 2.35. The first-order valence-corrected chi connectivity index (χ1v) is 6.70. The van der Waals surface area contributed by atoms with Crippen LogP contribution < -0.4 is 0 Å². The number of aryl methyl sites for hydroxylation is 1. The predicted molar refractivity (Wildman–Crippen MR) is 68.6 cm³/mol. The summed E-state index contributed by atoms with van der Waals surface area (Å²) in [5, 5.41) is 16.7. The van der Waals surface area contributed by atoms with Gasteiger partial charge in [-0.1, -0.05) is 11.3 Å². The van der Waals surface area contributed by atoms with Crippen molar-refractivity contribution in [2.45, 2.75) is 6.54 Å². The first kappa shape index (κ1) is 12.6. The number of nitrogens with zero attached hydrogens (tertiary/aromatic N) is 4. The minimum atomic E-state index is -1.09. The lowest BCUT2D eigenvalue weighted by molar-refractivity contribution is 0.0691. The van der Waals surface area contributed by atoms with E-state index in [0.29, 0.717) is 17.9 Å². The van der Waals surface area contributed by atoms with Crippen molar-refractivity contribution >= 4 is 17.7 Å². The fraction of sp³-hybridized carbons (Fsp3) is 0.273. The highest BCUT2D eigenvalue weighted by atomic mass is 32.2. The van der Waals surface area contributed by atoms with Crippen LogP contribution in [0.4, 0.5) is 0 Å². The van der Waals surface area contributed by atoms with Gasteiger partial charge in [0.15, 0.2) is 5.69 Å². The van der Waals surface area contributed by atoms with Crippen molar-refractivity contribution in [1.29, 1.82) is 0 Å². The number of hydrogen-bond donors (Lipinski definition) is 1. The second kappa shape index (κ2) is 5.63. The molecule has 0 fully saturated rings. The molecule has 0 saturated heterocycles. The summed E-state index contributed by atoms with van der Waals surface area (Å²) in [4.78, 5) is 15.3. The summed E-state index contributed by atoms with van der Waals surface area (Å²) in [6, 6.07) is 5.33. The molecule has 0 radical (unpaired) electrons. The van der Waals surface area contributed by atoms with Crippen LogP contribution in [0.2, 0.25) is 0 Å². The molecule has 1 N–H and O–H groups in total. The lowest BCUT2D eigenvalue weighted by Gasteiger charge is -2.05. The van der Waals surface area contributed by atoms with Gasteiger partial charge >= 0.3 is 5.97 Å². The predicted octanol–water partition coefficient (Wildman–Crippen LogP) is 1.40. The van der Waals surface area contributed by atoms with Crippen LogP contribution in [0.15, 0.2) is 24.4 Å².